The molecule has 1 aromatic rings. The van der Waals surface area contributed by atoms with Gasteiger partial charge in [-0.1, -0.05) is 12.1 Å². The van der Waals surface area contributed by atoms with Crippen LogP contribution in [0.1, 0.15) is 10.4 Å². The highest BCUT2D eigenvalue weighted by molar-refractivity contribution is 5.89. The number of aromatic hydroxyl groups is 1. The lowest BCUT2D eigenvalue weighted by Gasteiger charge is -1.96. The van der Waals surface area contributed by atoms with Crippen molar-refractivity contribution >= 4 is 11.7 Å². The molecule has 12 heavy (non-hydrogen) atoms. The van der Waals surface area contributed by atoms with Crippen LogP contribution in [0.2, 0.25) is 0 Å². The Morgan fingerprint density at radius 3 is 2.58 bits per heavy atom. The van der Waals surface area contributed by atoms with Gasteiger partial charge in [0.25, 0.3) is 0 Å². The summed E-state index contributed by atoms with van der Waals surface area (Å²) in [5, 5.41) is 17.5. The molecule has 0 saturated carbocycles. The average molecular weight is 163 g/mol. The molecule has 0 unspecified atom stereocenters. The van der Waals surface area contributed by atoms with Gasteiger partial charge >= 0.3 is 5.97 Å². The zero-order valence-electron chi connectivity index (χ0n) is 5.98. The Labute approximate surface area is 68.5 Å². The fourth-order valence-electron chi connectivity index (χ4n) is 0.751. The predicted molar refractivity (Wildman–Crippen MR) is 41.3 cm³/mol. The van der Waals surface area contributed by atoms with Gasteiger partial charge in [0.15, 0.2) is 0 Å². The molecule has 0 heterocycles. The second kappa shape index (κ2) is 2.93. The highest BCUT2D eigenvalue weighted by Gasteiger charge is 2.06. The molecule has 2 N–H and O–H groups in total. The van der Waals surface area contributed by atoms with Gasteiger partial charge in [-0.3, -0.25) is 0 Å². The molecule has 0 aliphatic heterocycles. The first-order valence-electron chi connectivity index (χ1n) is 3.09. The van der Waals surface area contributed by atoms with Crippen molar-refractivity contribution in [1.82, 2.24) is 0 Å². The molecular weight excluding hydrogens is 158 g/mol. The predicted octanol–water partition coefficient (Wildman–Crippen LogP) is 1.64. The number of hydrogen-bond acceptors (Lipinski definition) is 2. The van der Waals surface area contributed by atoms with Gasteiger partial charge in [-0.25, -0.2) is 9.64 Å². The van der Waals surface area contributed by atoms with E-state index in [0.717, 1.165) is 6.07 Å². The Morgan fingerprint density at radius 1 is 1.50 bits per heavy atom. The molecule has 0 aliphatic rings. The number of phenols is 1. The summed E-state index contributed by atoms with van der Waals surface area (Å²) < 4.78 is 0. The number of nitrogens with zero attached hydrogens (tertiary/aromatic N) is 1. The number of phenolic OH excluding ortho intramolecular Hbond substituents is 1. The number of carbonyl (C=O) groups is 1. The lowest BCUT2D eigenvalue weighted by molar-refractivity contribution is 0.0696. The first-order chi connectivity index (χ1) is 5.65. The van der Waals surface area contributed by atoms with E-state index in [-0.39, 0.29) is 17.0 Å². The third-order valence-electron chi connectivity index (χ3n) is 1.34. The quantitative estimate of drug-likeness (QED) is 0.618. The average Bonchev–Trinajstić information content (AvgIpc) is 2.04. The van der Waals surface area contributed by atoms with Crippen LogP contribution in [0.5, 0.6) is 5.75 Å². The molecule has 4 heteroatoms. The third-order valence-corrected chi connectivity index (χ3v) is 1.34. The number of aromatic carboxylic acids is 1. The van der Waals surface area contributed by atoms with E-state index >= 15 is 0 Å². The van der Waals surface area contributed by atoms with Crippen LogP contribution >= 0.6 is 0 Å². The molecule has 60 valence electrons. The Bertz CT molecular complexity index is 365. The maximum Gasteiger partial charge on any atom is 0.335 e. The summed E-state index contributed by atoms with van der Waals surface area (Å²) in [5.74, 6) is -1.42. The van der Waals surface area contributed by atoms with E-state index in [0.29, 0.717) is 0 Å². The van der Waals surface area contributed by atoms with E-state index in [9.17, 15) is 4.79 Å². The van der Waals surface area contributed by atoms with Gasteiger partial charge < -0.3 is 10.2 Å². The van der Waals surface area contributed by atoms with Gasteiger partial charge in [0.2, 0.25) is 5.69 Å². The molecule has 0 aliphatic carbocycles. The van der Waals surface area contributed by atoms with E-state index in [1.807, 2.05) is 0 Å². The minimum atomic E-state index is -1.12. The van der Waals surface area contributed by atoms with Crippen molar-refractivity contribution in [3.63, 3.8) is 0 Å². The van der Waals surface area contributed by atoms with Crippen molar-refractivity contribution in [2.75, 3.05) is 0 Å². The highest BCUT2D eigenvalue weighted by atomic mass is 16.4. The molecular formula is C8H5NO3. The summed E-state index contributed by atoms with van der Waals surface area (Å²) in [6.45, 7) is 6.58. The molecule has 1 rings (SSSR count). The van der Waals surface area contributed by atoms with Crippen LogP contribution in [0, 0.1) is 6.57 Å². The molecule has 0 amide bonds. The molecule has 4 nitrogen and oxygen atoms in total. The Kier molecular flexibility index (Phi) is 1.97. The van der Waals surface area contributed by atoms with Gasteiger partial charge in [0.1, 0.15) is 5.75 Å². The number of hydrogen-bond donors (Lipinski definition) is 2. The minimum absolute atomic E-state index is 0.0279. The normalized spacial score (nSPS) is 8.92. The van der Waals surface area contributed by atoms with Gasteiger partial charge in [0, 0.05) is 0 Å². The van der Waals surface area contributed by atoms with Crippen molar-refractivity contribution in [1.29, 1.82) is 0 Å². The largest absolute Gasteiger partial charge is 0.519 e. The van der Waals surface area contributed by atoms with Crippen LogP contribution in [0.4, 0.5) is 5.69 Å². The lowest BCUT2D eigenvalue weighted by atomic mass is 10.2. The van der Waals surface area contributed by atoms with E-state index in [4.69, 9.17) is 16.8 Å². The van der Waals surface area contributed by atoms with Crippen LogP contribution < -0.4 is 0 Å². The van der Waals surface area contributed by atoms with E-state index < -0.39 is 5.97 Å². The minimum Gasteiger partial charge on any atom is -0.519 e. The zero-order valence-corrected chi connectivity index (χ0v) is 5.98. The fraction of sp³-hybridized carbons (Fsp3) is 0. The summed E-state index contributed by atoms with van der Waals surface area (Å²) in [7, 11) is 0. The molecule has 0 spiro atoms. The lowest BCUT2D eigenvalue weighted by Crippen LogP contribution is -1.94. The maximum atomic E-state index is 10.4. The molecule has 0 aromatic heterocycles. The van der Waals surface area contributed by atoms with Crippen molar-refractivity contribution < 1.29 is 15.0 Å². The van der Waals surface area contributed by atoms with Gasteiger partial charge in [0.05, 0.1) is 12.1 Å². The van der Waals surface area contributed by atoms with Crippen LogP contribution in [-0.4, -0.2) is 16.2 Å². The molecule has 0 radical (unpaired) electrons. The SMILES string of the molecule is [C-]#[N+]c1ccc(C(=O)O)cc1O. The van der Waals surface area contributed by atoms with Crippen LogP contribution in [0.15, 0.2) is 18.2 Å². The molecule has 1 aromatic carbocycles. The molecule has 0 fully saturated rings. The molecule has 0 saturated heterocycles. The van der Waals surface area contributed by atoms with Crippen molar-refractivity contribution in [2.45, 2.75) is 0 Å². The van der Waals surface area contributed by atoms with Gasteiger partial charge in [-0.05, 0) is 6.07 Å². The number of carboxylic acids is 1. The number of benzene rings is 1. The summed E-state index contributed by atoms with van der Waals surface area (Å²) in [6, 6.07) is 3.59. The second-order valence-corrected chi connectivity index (χ2v) is 2.12. The topological polar surface area (TPSA) is 61.9 Å². The molecule has 0 bridgehead atoms. The number of carboxylic acid groups (broad SMARTS) is 1. The standard InChI is InChI=1S/C8H5NO3/c1-9-6-3-2-5(8(11)12)4-7(6)10/h2-4,10H,(H,11,12). The Morgan fingerprint density at radius 2 is 2.17 bits per heavy atom. The summed E-state index contributed by atoms with van der Waals surface area (Å²) in [5.41, 5.74) is 0.0277. The van der Waals surface area contributed by atoms with Crippen molar-refractivity contribution in [3.8, 4) is 5.75 Å². The Balaban J connectivity index is 3.21. The van der Waals surface area contributed by atoms with E-state index in [2.05, 4.69) is 4.85 Å². The monoisotopic (exact) mass is 163 g/mol. The highest BCUT2D eigenvalue weighted by Crippen LogP contribution is 2.26. The van der Waals surface area contributed by atoms with Crippen LogP contribution in [0.25, 0.3) is 4.85 Å². The maximum absolute atomic E-state index is 10.4. The summed E-state index contributed by atoms with van der Waals surface area (Å²) >= 11 is 0. The third kappa shape index (κ3) is 1.35. The first kappa shape index (κ1) is 8.08. The number of rotatable bonds is 1. The van der Waals surface area contributed by atoms with E-state index in [1.165, 1.54) is 12.1 Å². The fourth-order valence-corrected chi connectivity index (χ4v) is 0.751. The van der Waals surface area contributed by atoms with Crippen LogP contribution in [-0.2, 0) is 0 Å². The smallest absolute Gasteiger partial charge is 0.335 e. The van der Waals surface area contributed by atoms with Gasteiger partial charge in [-0.2, -0.15) is 0 Å². The van der Waals surface area contributed by atoms with Crippen molar-refractivity contribution in [2.24, 2.45) is 0 Å². The first-order valence-corrected chi connectivity index (χ1v) is 3.09. The summed E-state index contributed by atoms with van der Waals surface area (Å²) in [4.78, 5) is 13.3. The molecule has 0 atom stereocenters. The van der Waals surface area contributed by atoms with Crippen LogP contribution in [0.3, 0.4) is 0 Å². The summed E-state index contributed by atoms with van der Waals surface area (Å²) in [6.07, 6.45) is 0. The zero-order chi connectivity index (χ0) is 9.14. The Hall–Kier alpha value is -2.02. The van der Waals surface area contributed by atoms with Gasteiger partial charge in [-0.15, -0.1) is 0 Å². The van der Waals surface area contributed by atoms with E-state index in [1.54, 1.807) is 0 Å². The second-order valence-electron chi connectivity index (χ2n) is 2.12. The van der Waals surface area contributed by atoms with Crippen molar-refractivity contribution in [3.05, 3.63) is 35.2 Å².